The van der Waals surface area contributed by atoms with Crippen LogP contribution in [0.5, 0.6) is 0 Å². The molecule has 3 heterocycles. The van der Waals surface area contributed by atoms with Gasteiger partial charge in [0, 0.05) is 32.5 Å². The number of furan rings is 2. The summed E-state index contributed by atoms with van der Waals surface area (Å²) in [5.41, 5.74) is 0. The molecule has 8 nitrogen and oxygen atoms in total. The number of hydrogen-bond donors (Lipinski definition) is 3. The van der Waals surface area contributed by atoms with Crippen LogP contribution >= 0.6 is 24.0 Å². The van der Waals surface area contributed by atoms with E-state index in [0.29, 0.717) is 31.1 Å². The molecule has 0 aliphatic rings. The lowest BCUT2D eigenvalue weighted by atomic mass is 10.3. The fourth-order valence-electron chi connectivity index (χ4n) is 2.30. The summed E-state index contributed by atoms with van der Waals surface area (Å²) in [7, 11) is 0. The van der Waals surface area contributed by atoms with Gasteiger partial charge in [0.1, 0.15) is 11.6 Å². The van der Waals surface area contributed by atoms with Crippen molar-refractivity contribution >= 4 is 29.9 Å². The number of nitrogens with zero attached hydrogens (tertiary/aromatic N) is 3. The molecular weight excluding hydrogens is 447 g/mol. The summed E-state index contributed by atoms with van der Waals surface area (Å²) in [4.78, 5) is 8.96. The van der Waals surface area contributed by atoms with Crippen molar-refractivity contribution in [2.24, 2.45) is 4.99 Å². The van der Waals surface area contributed by atoms with Crippen molar-refractivity contribution in [1.82, 2.24) is 25.8 Å². The third-order valence-corrected chi connectivity index (χ3v) is 3.48. The van der Waals surface area contributed by atoms with Gasteiger partial charge in [0.15, 0.2) is 11.7 Å². The van der Waals surface area contributed by atoms with E-state index in [0.717, 1.165) is 30.5 Å². The molecule has 26 heavy (non-hydrogen) atoms. The molecule has 0 unspecified atom stereocenters. The average Bonchev–Trinajstić information content (AvgIpc) is 3.37. The van der Waals surface area contributed by atoms with Crippen LogP contribution in [0.15, 0.2) is 50.6 Å². The Labute approximate surface area is 168 Å². The number of hydrogen-bond acceptors (Lipinski definition) is 5. The molecule has 0 saturated heterocycles. The molecule has 3 aromatic rings. The maximum Gasteiger partial charge on any atom is 0.216 e. The van der Waals surface area contributed by atoms with Gasteiger partial charge in [0.25, 0.3) is 0 Å². The molecule has 0 bridgehead atoms. The number of aliphatic imine (C=N–C) groups is 1. The van der Waals surface area contributed by atoms with Crippen LogP contribution < -0.4 is 10.6 Å². The third kappa shape index (κ3) is 5.90. The molecule has 0 aliphatic heterocycles. The minimum atomic E-state index is 0. The van der Waals surface area contributed by atoms with Gasteiger partial charge in [-0.1, -0.05) is 0 Å². The maximum absolute atomic E-state index is 5.31. The van der Waals surface area contributed by atoms with Gasteiger partial charge in [-0.15, -0.1) is 24.0 Å². The first-order valence-corrected chi connectivity index (χ1v) is 8.35. The fourth-order valence-corrected chi connectivity index (χ4v) is 2.30. The first-order valence-electron chi connectivity index (χ1n) is 8.35. The second-order valence-corrected chi connectivity index (χ2v) is 5.35. The second kappa shape index (κ2) is 10.6. The Hall–Kier alpha value is -2.30. The largest absolute Gasteiger partial charge is 0.469 e. The van der Waals surface area contributed by atoms with E-state index in [-0.39, 0.29) is 24.0 Å². The van der Waals surface area contributed by atoms with Gasteiger partial charge in [-0.25, -0.2) is 4.98 Å². The maximum atomic E-state index is 5.31. The summed E-state index contributed by atoms with van der Waals surface area (Å²) in [5, 5.41) is 13.6. The molecule has 9 heteroatoms. The molecule has 0 saturated carbocycles. The van der Waals surface area contributed by atoms with Gasteiger partial charge in [-0.3, -0.25) is 10.1 Å². The summed E-state index contributed by atoms with van der Waals surface area (Å²) in [5.74, 6) is 3.74. The van der Waals surface area contributed by atoms with E-state index in [4.69, 9.17) is 8.83 Å². The lowest BCUT2D eigenvalue weighted by molar-refractivity contribution is 0.510. The van der Waals surface area contributed by atoms with Crippen LogP contribution in [0, 0.1) is 0 Å². The summed E-state index contributed by atoms with van der Waals surface area (Å²) in [6.07, 6.45) is 4.76. The van der Waals surface area contributed by atoms with E-state index in [1.165, 1.54) is 0 Å². The Kier molecular flexibility index (Phi) is 8.19. The Balaban J connectivity index is 0.00000243. The first-order chi connectivity index (χ1) is 12.3. The Morgan fingerprint density at radius 3 is 2.73 bits per heavy atom. The minimum absolute atomic E-state index is 0. The zero-order valence-electron chi connectivity index (χ0n) is 14.6. The van der Waals surface area contributed by atoms with Crippen molar-refractivity contribution in [3.8, 4) is 11.6 Å². The fraction of sp³-hybridized carbons (Fsp3) is 0.353. The highest BCUT2D eigenvalue weighted by Gasteiger charge is 2.08. The first kappa shape index (κ1) is 20.0. The van der Waals surface area contributed by atoms with E-state index < -0.39 is 0 Å². The summed E-state index contributed by atoms with van der Waals surface area (Å²) in [6, 6.07) is 7.49. The highest BCUT2D eigenvalue weighted by Crippen LogP contribution is 2.14. The van der Waals surface area contributed by atoms with Crippen molar-refractivity contribution in [2.75, 3.05) is 19.6 Å². The van der Waals surface area contributed by atoms with Gasteiger partial charge in [0.2, 0.25) is 5.82 Å². The Morgan fingerprint density at radius 1 is 1.15 bits per heavy atom. The van der Waals surface area contributed by atoms with Crippen LogP contribution in [-0.2, 0) is 12.8 Å². The molecule has 140 valence electrons. The van der Waals surface area contributed by atoms with Crippen molar-refractivity contribution in [3.05, 3.63) is 48.4 Å². The van der Waals surface area contributed by atoms with Gasteiger partial charge in [-0.05, 0) is 31.2 Å². The molecule has 0 fully saturated rings. The van der Waals surface area contributed by atoms with E-state index in [9.17, 15) is 0 Å². The summed E-state index contributed by atoms with van der Waals surface area (Å²) >= 11 is 0. The van der Waals surface area contributed by atoms with E-state index in [1.807, 2.05) is 31.2 Å². The average molecular weight is 470 g/mol. The van der Waals surface area contributed by atoms with Crippen molar-refractivity contribution in [2.45, 2.75) is 19.8 Å². The van der Waals surface area contributed by atoms with Crippen LogP contribution in [0.4, 0.5) is 0 Å². The molecule has 0 aromatic carbocycles. The van der Waals surface area contributed by atoms with E-state index in [2.05, 4.69) is 30.8 Å². The van der Waals surface area contributed by atoms with E-state index in [1.54, 1.807) is 12.5 Å². The highest BCUT2D eigenvalue weighted by molar-refractivity contribution is 14.0. The monoisotopic (exact) mass is 470 g/mol. The Bertz CT molecular complexity index is 767. The molecule has 3 rings (SSSR count). The van der Waals surface area contributed by atoms with Crippen LogP contribution in [-0.4, -0.2) is 40.8 Å². The number of aromatic amines is 1. The predicted molar refractivity (Wildman–Crippen MR) is 110 cm³/mol. The van der Waals surface area contributed by atoms with Crippen molar-refractivity contribution in [3.63, 3.8) is 0 Å². The number of H-pyrrole nitrogens is 1. The van der Waals surface area contributed by atoms with Crippen LogP contribution in [0.3, 0.4) is 0 Å². The molecular formula is C17H23IN6O2. The minimum Gasteiger partial charge on any atom is -0.469 e. The molecule has 0 atom stereocenters. The zero-order chi connectivity index (χ0) is 17.3. The van der Waals surface area contributed by atoms with Gasteiger partial charge >= 0.3 is 0 Å². The lowest BCUT2D eigenvalue weighted by Crippen LogP contribution is -2.38. The van der Waals surface area contributed by atoms with Gasteiger partial charge in [0.05, 0.1) is 12.5 Å². The van der Waals surface area contributed by atoms with Gasteiger partial charge in [-0.2, -0.15) is 5.10 Å². The smallest absolute Gasteiger partial charge is 0.216 e. The number of guanidine groups is 1. The molecule has 0 spiro atoms. The standard InChI is InChI=1S/C17H22N6O2.HI/c1-2-18-17(19-9-7-13-5-3-11-24-13)20-10-8-15-21-16(23-22-15)14-6-4-12-25-14;/h3-6,11-12H,2,7-10H2,1H3,(H2,18,19,20)(H,21,22,23);1H. The summed E-state index contributed by atoms with van der Waals surface area (Å²) < 4.78 is 10.6. The lowest BCUT2D eigenvalue weighted by Gasteiger charge is -2.10. The van der Waals surface area contributed by atoms with Gasteiger partial charge < -0.3 is 19.5 Å². The number of aromatic nitrogens is 3. The second-order valence-electron chi connectivity index (χ2n) is 5.35. The predicted octanol–water partition coefficient (Wildman–Crippen LogP) is 2.62. The Morgan fingerprint density at radius 2 is 2.00 bits per heavy atom. The molecule has 3 aromatic heterocycles. The normalized spacial score (nSPS) is 11.2. The highest BCUT2D eigenvalue weighted by atomic mass is 127. The van der Waals surface area contributed by atoms with Crippen molar-refractivity contribution in [1.29, 1.82) is 0 Å². The molecule has 0 aliphatic carbocycles. The van der Waals surface area contributed by atoms with Crippen LogP contribution in [0.2, 0.25) is 0 Å². The zero-order valence-corrected chi connectivity index (χ0v) is 16.9. The van der Waals surface area contributed by atoms with Crippen LogP contribution in [0.25, 0.3) is 11.6 Å². The van der Waals surface area contributed by atoms with Crippen LogP contribution in [0.1, 0.15) is 18.5 Å². The molecule has 0 amide bonds. The molecule has 3 N–H and O–H groups in total. The quantitative estimate of drug-likeness (QED) is 0.266. The van der Waals surface area contributed by atoms with E-state index >= 15 is 0 Å². The number of rotatable bonds is 8. The number of nitrogens with one attached hydrogen (secondary N) is 3. The number of halogens is 1. The molecule has 0 radical (unpaired) electrons. The third-order valence-electron chi connectivity index (χ3n) is 3.48. The SMILES string of the molecule is CCNC(=NCCc1ccco1)NCCc1nc(-c2ccco2)n[nH]1.I. The topological polar surface area (TPSA) is 104 Å². The van der Waals surface area contributed by atoms with Crippen molar-refractivity contribution < 1.29 is 8.83 Å². The summed E-state index contributed by atoms with van der Waals surface area (Å²) in [6.45, 7) is 4.19.